The molecule has 2 amide bonds. The first-order valence-electron chi connectivity index (χ1n) is 10.4. The van der Waals surface area contributed by atoms with Crippen LogP contribution >= 0.6 is 22.9 Å². The maximum atomic E-state index is 13.3. The van der Waals surface area contributed by atoms with Gasteiger partial charge in [-0.25, -0.2) is 4.98 Å². The lowest BCUT2D eigenvalue weighted by Crippen LogP contribution is -2.64. The highest BCUT2D eigenvalue weighted by molar-refractivity contribution is 7.11. The lowest BCUT2D eigenvalue weighted by molar-refractivity contribution is 0.00834. The summed E-state index contributed by atoms with van der Waals surface area (Å²) < 4.78 is 1.98. The van der Waals surface area contributed by atoms with Crippen molar-refractivity contribution in [3.05, 3.63) is 51.1 Å². The summed E-state index contributed by atoms with van der Waals surface area (Å²) in [5.41, 5.74) is 2.72. The minimum Gasteiger partial charge on any atom is -0.339 e. The standard InChI is InChI=1S/C22H24ClN5O2S/c1-14-17-11-15(23)3-4-18(17)25(2)19(14)21(29)27-8-6-26(7-9-27)16-12-28(13-16)22(30)20-24-5-10-31-20/h3-5,10-11,16H,6-9,12-13H2,1-2H3. The molecule has 2 fully saturated rings. The van der Waals surface area contributed by atoms with Gasteiger partial charge < -0.3 is 14.4 Å². The highest BCUT2D eigenvalue weighted by atomic mass is 35.5. The van der Waals surface area contributed by atoms with E-state index in [4.69, 9.17) is 11.6 Å². The molecule has 0 saturated carbocycles. The van der Waals surface area contributed by atoms with Gasteiger partial charge >= 0.3 is 0 Å². The number of halogens is 1. The number of amides is 2. The molecule has 2 aromatic heterocycles. The number of likely N-dealkylation sites (tertiary alicyclic amines) is 1. The van der Waals surface area contributed by atoms with E-state index in [9.17, 15) is 9.59 Å². The Morgan fingerprint density at radius 2 is 1.84 bits per heavy atom. The average molecular weight is 458 g/mol. The minimum absolute atomic E-state index is 0.0198. The fraction of sp³-hybridized carbons (Fsp3) is 0.409. The number of aromatic nitrogens is 2. The molecule has 31 heavy (non-hydrogen) atoms. The molecule has 3 aromatic rings. The third-order valence-electron chi connectivity index (χ3n) is 6.50. The van der Waals surface area contributed by atoms with Crippen molar-refractivity contribution < 1.29 is 9.59 Å². The fourth-order valence-electron chi connectivity index (χ4n) is 4.66. The Balaban J connectivity index is 1.21. The quantitative estimate of drug-likeness (QED) is 0.606. The van der Waals surface area contributed by atoms with Gasteiger partial charge in [0.05, 0.1) is 0 Å². The Hall–Kier alpha value is -2.42. The molecular formula is C22H24ClN5O2S. The number of piperazine rings is 1. The highest BCUT2D eigenvalue weighted by Gasteiger charge is 2.38. The van der Waals surface area contributed by atoms with Crippen molar-refractivity contribution in [1.29, 1.82) is 0 Å². The fourth-order valence-corrected chi connectivity index (χ4v) is 5.44. The molecule has 4 heterocycles. The summed E-state index contributed by atoms with van der Waals surface area (Å²) in [5, 5.41) is 4.08. The Morgan fingerprint density at radius 3 is 2.52 bits per heavy atom. The second-order valence-corrected chi connectivity index (χ2v) is 9.55. The van der Waals surface area contributed by atoms with Gasteiger partial charge in [-0.3, -0.25) is 14.5 Å². The van der Waals surface area contributed by atoms with Gasteiger partial charge in [-0.2, -0.15) is 0 Å². The van der Waals surface area contributed by atoms with Crippen molar-refractivity contribution in [2.24, 2.45) is 7.05 Å². The molecule has 2 saturated heterocycles. The number of carbonyl (C=O) groups excluding carboxylic acids is 2. The Kier molecular flexibility index (Phi) is 5.24. The van der Waals surface area contributed by atoms with Gasteiger partial charge in [0.15, 0.2) is 5.01 Å². The van der Waals surface area contributed by atoms with E-state index >= 15 is 0 Å². The lowest BCUT2D eigenvalue weighted by Gasteiger charge is -2.47. The van der Waals surface area contributed by atoms with Crippen LogP contribution in [0.4, 0.5) is 0 Å². The normalized spacial score (nSPS) is 17.9. The van der Waals surface area contributed by atoms with Crippen LogP contribution in [0.1, 0.15) is 25.9 Å². The molecule has 7 nitrogen and oxygen atoms in total. The van der Waals surface area contributed by atoms with Crippen LogP contribution in [0.5, 0.6) is 0 Å². The van der Waals surface area contributed by atoms with E-state index in [2.05, 4.69) is 9.88 Å². The van der Waals surface area contributed by atoms with Crippen LogP contribution in [0.25, 0.3) is 10.9 Å². The summed E-state index contributed by atoms with van der Waals surface area (Å²) in [5.74, 6) is 0.0903. The second-order valence-electron chi connectivity index (χ2n) is 8.22. The van der Waals surface area contributed by atoms with Crippen LogP contribution in [0, 0.1) is 6.92 Å². The molecule has 0 radical (unpaired) electrons. The van der Waals surface area contributed by atoms with Crippen LogP contribution in [0.2, 0.25) is 5.02 Å². The van der Waals surface area contributed by atoms with E-state index in [1.54, 1.807) is 6.20 Å². The predicted molar refractivity (Wildman–Crippen MR) is 122 cm³/mol. The van der Waals surface area contributed by atoms with E-state index in [0.717, 1.165) is 48.3 Å². The van der Waals surface area contributed by atoms with Crippen molar-refractivity contribution in [3.8, 4) is 0 Å². The number of hydrogen-bond acceptors (Lipinski definition) is 5. The van der Waals surface area contributed by atoms with E-state index in [1.807, 2.05) is 51.9 Å². The first-order valence-corrected chi connectivity index (χ1v) is 11.7. The molecule has 0 bridgehead atoms. The van der Waals surface area contributed by atoms with Gasteiger partial charge in [0.25, 0.3) is 11.8 Å². The summed E-state index contributed by atoms with van der Waals surface area (Å²) in [4.78, 5) is 36.0. The molecule has 9 heteroatoms. The maximum absolute atomic E-state index is 13.3. The first-order chi connectivity index (χ1) is 14.9. The van der Waals surface area contributed by atoms with Gasteiger partial charge in [-0.15, -0.1) is 11.3 Å². The molecule has 2 aliphatic rings. The number of rotatable bonds is 3. The summed E-state index contributed by atoms with van der Waals surface area (Å²) in [7, 11) is 1.94. The summed E-state index contributed by atoms with van der Waals surface area (Å²) >= 11 is 7.55. The van der Waals surface area contributed by atoms with Crippen molar-refractivity contribution in [2.45, 2.75) is 13.0 Å². The number of thiazole rings is 1. The summed E-state index contributed by atoms with van der Waals surface area (Å²) in [6.07, 6.45) is 1.66. The van der Waals surface area contributed by atoms with Gasteiger partial charge in [0, 0.05) is 79.9 Å². The van der Waals surface area contributed by atoms with Gasteiger partial charge in [0.1, 0.15) is 5.69 Å². The van der Waals surface area contributed by atoms with E-state index < -0.39 is 0 Å². The zero-order valence-electron chi connectivity index (χ0n) is 17.5. The van der Waals surface area contributed by atoms with Crippen molar-refractivity contribution in [2.75, 3.05) is 39.3 Å². The van der Waals surface area contributed by atoms with E-state index in [1.165, 1.54) is 11.3 Å². The predicted octanol–water partition coefficient (Wildman–Crippen LogP) is 2.88. The third-order valence-corrected chi connectivity index (χ3v) is 7.50. The molecule has 0 aliphatic carbocycles. The molecule has 0 atom stereocenters. The highest BCUT2D eigenvalue weighted by Crippen LogP contribution is 2.29. The van der Waals surface area contributed by atoms with Gasteiger partial charge in [-0.05, 0) is 30.7 Å². The lowest BCUT2D eigenvalue weighted by atomic mass is 10.1. The zero-order valence-corrected chi connectivity index (χ0v) is 19.1. The largest absolute Gasteiger partial charge is 0.339 e. The molecule has 2 aliphatic heterocycles. The summed E-state index contributed by atoms with van der Waals surface area (Å²) in [6.45, 7) is 6.49. The van der Waals surface area contributed by atoms with Crippen LogP contribution < -0.4 is 0 Å². The molecule has 0 N–H and O–H groups in total. The Bertz CT molecular complexity index is 1140. The first kappa shape index (κ1) is 20.5. The minimum atomic E-state index is 0.0198. The van der Waals surface area contributed by atoms with Crippen LogP contribution in [0.15, 0.2) is 29.8 Å². The third kappa shape index (κ3) is 3.52. The van der Waals surface area contributed by atoms with Crippen molar-refractivity contribution in [3.63, 3.8) is 0 Å². The van der Waals surface area contributed by atoms with Gasteiger partial charge in [0.2, 0.25) is 0 Å². The number of fused-ring (bicyclic) bond motifs is 1. The van der Waals surface area contributed by atoms with Crippen molar-refractivity contribution >= 4 is 45.7 Å². The Morgan fingerprint density at radius 1 is 1.10 bits per heavy atom. The number of benzene rings is 1. The molecular weight excluding hydrogens is 434 g/mol. The van der Waals surface area contributed by atoms with Crippen LogP contribution in [-0.4, -0.2) is 81.4 Å². The molecule has 5 rings (SSSR count). The van der Waals surface area contributed by atoms with Crippen LogP contribution in [-0.2, 0) is 7.05 Å². The SMILES string of the molecule is Cc1c(C(=O)N2CCN(C3CN(C(=O)c4nccs4)C3)CC2)n(C)c2ccc(Cl)cc12. The molecule has 0 unspecified atom stereocenters. The molecule has 162 valence electrons. The second kappa shape index (κ2) is 7.93. The maximum Gasteiger partial charge on any atom is 0.282 e. The van der Waals surface area contributed by atoms with Crippen LogP contribution in [0.3, 0.4) is 0 Å². The van der Waals surface area contributed by atoms with E-state index in [0.29, 0.717) is 29.2 Å². The Labute approximate surface area is 189 Å². The number of nitrogens with zero attached hydrogens (tertiary/aromatic N) is 5. The molecule has 1 aromatic carbocycles. The number of carbonyl (C=O) groups is 2. The van der Waals surface area contributed by atoms with Crippen molar-refractivity contribution in [1.82, 2.24) is 24.3 Å². The monoisotopic (exact) mass is 457 g/mol. The smallest absolute Gasteiger partial charge is 0.282 e. The molecule has 0 spiro atoms. The number of aryl methyl sites for hydroxylation is 2. The topological polar surface area (TPSA) is 61.7 Å². The summed E-state index contributed by atoms with van der Waals surface area (Å²) in [6, 6.07) is 6.12. The zero-order chi connectivity index (χ0) is 21.7. The van der Waals surface area contributed by atoms with Gasteiger partial charge in [-0.1, -0.05) is 11.6 Å². The average Bonchev–Trinajstić information content (AvgIpc) is 3.35. The number of hydrogen-bond donors (Lipinski definition) is 0. The van der Waals surface area contributed by atoms with E-state index in [-0.39, 0.29) is 11.8 Å².